The third-order valence-electron chi connectivity index (χ3n) is 2.63. The van der Waals surface area contributed by atoms with E-state index in [2.05, 4.69) is 0 Å². The van der Waals surface area contributed by atoms with E-state index in [4.69, 9.17) is 5.26 Å². The molecule has 0 aromatic carbocycles. The average Bonchev–Trinajstić information content (AvgIpc) is 2.14. The molecule has 5 nitrogen and oxygen atoms in total. The lowest BCUT2D eigenvalue weighted by molar-refractivity contribution is -0.157. The van der Waals surface area contributed by atoms with Gasteiger partial charge in [0.25, 0.3) is 0 Å². The minimum Gasteiger partial charge on any atom is -0.480 e. The summed E-state index contributed by atoms with van der Waals surface area (Å²) in [6, 6.07) is 1.94. The first-order valence-corrected chi connectivity index (χ1v) is 5.93. The normalized spacial score (nSPS) is 11.8. The fourth-order valence-corrected chi connectivity index (χ4v) is 1.54. The predicted octanol–water partition coefficient (Wildman–Crippen LogP) is 2.03. The van der Waals surface area contributed by atoms with E-state index in [-0.39, 0.29) is 30.7 Å². The third kappa shape index (κ3) is 4.74. The number of hydrogen-bond donors (Lipinski definition) is 1. The van der Waals surface area contributed by atoms with Crippen LogP contribution in [0.25, 0.3) is 0 Å². The summed E-state index contributed by atoms with van der Waals surface area (Å²) >= 11 is 0. The van der Waals surface area contributed by atoms with Crippen molar-refractivity contribution in [3.63, 3.8) is 0 Å². The SMILES string of the molecule is CC(C)(C)CC(=O)N(CCC#N)C(C)(C)C(=O)O. The molecule has 0 saturated carbocycles. The Hall–Kier alpha value is -1.57. The van der Waals surface area contributed by atoms with Gasteiger partial charge in [0, 0.05) is 13.0 Å². The van der Waals surface area contributed by atoms with E-state index in [9.17, 15) is 14.7 Å². The number of aliphatic carboxylic acids is 1. The molecule has 0 aliphatic heterocycles. The summed E-state index contributed by atoms with van der Waals surface area (Å²) in [6.45, 7) is 8.86. The second-order valence-electron chi connectivity index (χ2n) is 6.06. The number of amides is 1. The molecule has 0 unspecified atom stereocenters. The average molecular weight is 254 g/mol. The molecule has 0 radical (unpaired) electrons. The van der Waals surface area contributed by atoms with Gasteiger partial charge in [0.05, 0.1) is 12.5 Å². The topological polar surface area (TPSA) is 81.4 Å². The Morgan fingerprint density at radius 3 is 2.06 bits per heavy atom. The van der Waals surface area contributed by atoms with Crippen LogP contribution in [0.4, 0.5) is 0 Å². The van der Waals surface area contributed by atoms with Gasteiger partial charge in [-0.1, -0.05) is 20.8 Å². The molecule has 0 aromatic rings. The second-order valence-corrected chi connectivity index (χ2v) is 6.06. The molecule has 0 aromatic heterocycles. The number of carbonyl (C=O) groups excluding carboxylic acids is 1. The Morgan fingerprint density at radius 1 is 1.22 bits per heavy atom. The van der Waals surface area contributed by atoms with Crippen LogP contribution in [-0.2, 0) is 9.59 Å². The molecule has 0 fully saturated rings. The van der Waals surface area contributed by atoms with Crippen molar-refractivity contribution in [3.8, 4) is 6.07 Å². The molecule has 1 N–H and O–H groups in total. The largest absolute Gasteiger partial charge is 0.480 e. The number of nitrogens with zero attached hydrogens (tertiary/aromatic N) is 2. The standard InChI is InChI=1S/C13H22N2O3/c1-12(2,3)9-10(16)15(8-6-7-14)13(4,5)11(17)18/h6,8-9H2,1-5H3,(H,17,18). The summed E-state index contributed by atoms with van der Waals surface area (Å²) in [5, 5.41) is 17.8. The summed E-state index contributed by atoms with van der Waals surface area (Å²) in [4.78, 5) is 24.7. The number of nitriles is 1. The minimum atomic E-state index is -1.29. The molecule has 0 aliphatic rings. The summed E-state index contributed by atoms with van der Waals surface area (Å²) in [7, 11) is 0. The van der Waals surface area contributed by atoms with E-state index in [1.165, 1.54) is 18.7 Å². The van der Waals surface area contributed by atoms with Crippen molar-refractivity contribution in [1.82, 2.24) is 4.90 Å². The van der Waals surface area contributed by atoms with Crippen molar-refractivity contribution >= 4 is 11.9 Å². The Morgan fingerprint density at radius 2 is 1.72 bits per heavy atom. The lowest BCUT2D eigenvalue weighted by Gasteiger charge is -2.36. The van der Waals surface area contributed by atoms with Crippen LogP contribution in [0.3, 0.4) is 0 Å². The fraction of sp³-hybridized carbons (Fsp3) is 0.769. The van der Waals surface area contributed by atoms with Crippen molar-refractivity contribution in [2.75, 3.05) is 6.54 Å². The summed E-state index contributed by atoms with van der Waals surface area (Å²) in [5.74, 6) is -1.30. The Balaban J connectivity index is 5.07. The van der Waals surface area contributed by atoms with Crippen molar-refractivity contribution in [3.05, 3.63) is 0 Å². The van der Waals surface area contributed by atoms with Crippen LogP contribution < -0.4 is 0 Å². The molecule has 0 rings (SSSR count). The summed E-state index contributed by atoms with van der Waals surface area (Å²) in [5.41, 5.74) is -1.50. The fourth-order valence-electron chi connectivity index (χ4n) is 1.54. The lowest BCUT2D eigenvalue weighted by Crippen LogP contribution is -2.53. The third-order valence-corrected chi connectivity index (χ3v) is 2.63. The van der Waals surface area contributed by atoms with Gasteiger partial charge in [-0.15, -0.1) is 0 Å². The maximum atomic E-state index is 12.2. The van der Waals surface area contributed by atoms with Gasteiger partial charge < -0.3 is 10.0 Å². The summed E-state index contributed by atoms with van der Waals surface area (Å²) in [6.07, 6.45) is 0.391. The molecule has 0 bridgehead atoms. The van der Waals surface area contributed by atoms with Crippen molar-refractivity contribution in [2.24, 2.45) is 5.41 Å². The maximum absolute atomic E-state index is 12.2. The highest BCUT2D eigenvalue weighted by Gasteiger charge is 2.38. The second kappa shape index (κ2) is 5.85. The number of rotatable bonds is 5. The van der Waals surface area contributed by atoms with Gasteiger partial charge in [-0.3, -0.25) is 4.79 Å². The van der Waals surface area contributed by atoms with E-state index < -0.39 is 11.5 Å². The monoisotopic (exact) mass is 254 g/mol. The number of carbonyl (C=O) groups is 2. The quantitative estimate of drug-likeness (QED) is 0.813. The summed E-state index contributed by atoms with van der Waals surface area (Å²) < 4.78 is 0. The molecule has 5 heteroatoms. The molecule has 102 valence electrons. The van der Waals surface area contributed by atoms with Gasteiger partial charge >= 0.3 is 5.97 Å². The van der Waals surface area contributed by atoms with Crippen molar-refractivity contribution < 1.29 is 14.7 Å². The first kappa shape index (κ1) is 16.4. The molecule has 0 spiro atoms. The Labute approximate surface area is 108 Å². The first-order valence-electron chi connectivity index (χ1n) is 5.93. The maximum Gasteiger partial charge on any atom is 0.329 e. The van der Waals surface area contributed by atoms with E-state index in [1.807, 2.05) is 26.8 Å². The van der Waals surface area contributed by atoms with Crippen LogP contribution in [0.15, 0.2) is 0 Å². The molecular weight excluding hydrogens is 232 g/mol. The van der Waals surface area contributed by atoms with E-state index in [0.29, 0.717) is 0 Å². The Kier molecular flexibility index (Phi) is 5.34. The Bertz CT molecular complexity index is 361. The van der Waals surface area contributed by atoms with Crippen LogP contribution in [0.2, 0.25) is 0 Å². The molecule has 1 amide bonds. The number of hydrogen-bond acceptors (Lipinski definition) is 3. The molecular formula is C13H22N2O3. The molecule has 0 aliphatic carbocycles. The van der Waals surface area contributed by atoms with Crippen LogP contribution in [0.5, 0.6) is 0 Å². The van der Waals surface area contributed by atoms with E-state index in [0.717, 1.165) is 0 Å². The van der Waals surface area contributed by atoms with Crippen LogP contribution >= 0.6 is 0 Å². The van der Waals surface area contributed by atoms with Gasteiger partial charge in [0.2, 0.25) is 5.91 Å². The molecule has 0 atom stereocenters. The smallest absolute Gasteiger partial charge is 0.329 e. The van der Waals surface area contributed by atoms with Gasteiger partial charge in [-0.05, 0) is 19.3 Å². The van der Waals surface area contributed by atoms with Crippen molar-refractivity contribution in [2.45, 2.75) is 53.0 Å². The zero-order valence-electron chi connectivity index (χ0n) is 11.8. The van der Waals surface area contributed by atoms with Crippen LogP contribution in [0.1, 0.15) is 47.5 Å². The zero-order chi connectivity index (χ0) is 14.6. The highest BCUT2D eigenvalue weighted by Crippen LogP contribution is 2.24. The van der Waals surface area contributed by atoms with E-state index >= 15 is 0 Å². The van der Waals surface area contributed by atoms with Crippen LogP contribution in [0, 0.1) is 16.7 Å². The molecule has 0 saturated heterocycles. The molecule has 0 heterocycles. The zero-order valence-corrected chi connectivity index (χ0v) is 11.8. The first-order chi connectivity index (χ1) is 8.02. The lowest BCUT2D eigenvalue weighted by atomic mass is 9.90. The molecule has 18 heavy (non-hydrogen) atoms. The van der Waals surface area contributed by atoms with Gasteiger partial charge in [-0.25, -0.2) is 4.79 Å². The predicted molar refractivity (Wildman–Crippen MR) is 67.7 cm³/mol. The number of carboxylic acid groups (broad SMARTS) is 1. The highest BCUT2D eigenvalue weighted by atomic mass is 16.4. The van der Waals surface area contributed by atoms with Crippen LogP contribution in [-0.4, -0.2) is 34.0 Å². The van der Waals surface area contributed by atoms with Gasteiger partial charge in [0.15, 0.2) is 0 Å². The van der Waals surface area contributed by atoms with Gasteiger partial charge in [-0.2, -0.15) is 5.26 Å². The number of carboxylic acids is 1. The minimum absolute atomic E-state index is 0.132. The van der Waals surface area contributed by atoms with Crippen molar-refractivity contribution in [1.29, 1.82) is 5.26 Å². The van der Waals surface area contributed by atoms with Gasteiger partial charge in [0.1, 0.15) is 5.54 Å². The van der Waals surface area contributed by atoms with E-state index in [1.54, 1.807) is 0 Å². The highest BCUT2D eigenvalue weighted by molar-refractivity contribution is 5.86.